The molecule has 1 unspecified atom stereocenters. The number of aryl methyl sites for hydroxylation is 1. The van der Waals surface area contributed by atoms with E-state index < -0.39 is 12.3 Å². The number of amidine groups is 1. The lowest BCUT2D eigenvalue weighted by molar-refractivity contribution is -0.189. The fourth-order valence-corrected chi connectivity index (χ4v) is 1.21. The van der Waals surface area contributed by atoms with Gasteiger partial charge in [0.25, 0.3) is 0 Å². The average molecular weight is 246 g/mol. The lowest BCUT2D eigenvalue weighted by Crippen LogP contribution is -2.32. The van der Waals surface area contributed by atoms with E-state index in [2.05, 4.69) is 0 Å². The summed E-state index contributed by atoms with van der Waals surface area (Å²) in [6.07, 6.45) is -6.39. The van der Waals surface area contributed by atoms with Gasteiger partial charge in [-0.3, -0.25) is 5.41 Å². The summed E-state index contributed by atoms with van der Waals surface area (Å²) >= 11 is 0. The molecule has 3 nitrogen and oxygen atoms in total. The van der Waals surface area contributed by atoms with Crippen LogP contribution in [0.4, 0.5) is 13.2 Å². The molecule has 1 aromatic rings. The van der Waals surface area contributed by atoms with Crippen molar-refractivity contribution in [1.82, 2.24) is 0 Å². The molecular formula is C11H13F3N2O. The number of ether oxygens (including phenoxy) is 1. The first-order valence-electron chi connectivity index (χ1n) is 4.90. The van der Waals surface area contributed by atoms with Crippen molar-refractivity contribution >= 4 is 5.84 Å². The van der Waals surface area contributed by atoms with E-state index in [0.717, 1.165) is 12.5 Å². The monoisotopic (exact) mass is 246 g/mol. The molecule has 0 saturated carbocycles. The normalized spacial score (nSPS) is 13.2. The highest BCUT2D eigenvalue weighted by Crippen LogP contribution is 2.27. The molecule has 17 heavy (non-hydrogen) atoms. The summed E-state index contributed by atoms with van der Waals surface area (Å²) < 4.78 is 41.9. The van der Waals surface area contributed by atoms with Crippen LogP contribution in [0.2, 0.25) is 0 Å². The minimum atomic E-state index is -4.45. The zero-order valence-corrected chi connectivity index (χ0v) is 9.43. The Morgan fingerprint density at radius 3 is 2.47 bits per heavy atom. The van der Waals surface area contributed by atoms with Gasteiger partial charge in [-0.05, 0) is 31.5 Å². The van der Waals surface area contributed by atoms with E-state index >= 15 is 0 Å². The highest BCUT2D eigenvalue weighted by molar-refractivity contribution is 5.97. The molecule has 1 aromatic carbocycles. The first kappa shape index (κ1) is 13.3. The number of nitrogens with two attached hydrogens (primary N) is 1. The summed E-state index contributed by atoms with van der Waals surface area (Å²) in [5.41, 5.74) is 6.17. The number of hydrogen-bond donors (Lipinski definition) is 2. The molecule has 0 amide bonds. The van der Waals surface area contributed by atoms with Crippen LogP contribution < -0.4 is 10.5 Å². The van der Waals surface area contributed by atoms with Crippen LogP contribution in [0.3, 0.4) is 0 Å². The average Bonchev–Trinajstić information content (AvgIpc) is 2.15. The standard InChI is InChI=1S/C11H13F3N2O/c1-6-3-4-8(10(15)16)9(5-6)17-7(2)11(12,13)14/h3-5,7H,1-2H3,(H3,15,16). The molecule has 0 radical (unpaired) electrons. The maximum absolute atomic E-state index is 12.4. The maximum atomic E-state index is 12.4. The SMILES string of the molecule is Cc1ccc(C(=N)N)c(OC(C)C(F)(F)F)c1. The van der Waals surface area contributed by atoms with Crippen molar-refractivity contribution in [3.8, 4) is 5.75 Å². The van der Waals surface area contributed by atoms with Crippen molar-refractivity contribution in [3.05, 3.63) is 29.3 Å². The smallest absolute Gasteiger partial charge is 0.425 e. The predicted octanol–water partition coefficient (Wildman–Crippen LogP) is 2.61. The maximum Gasteiger partial charge on any atom is 0.425 e. The van der Waals surface area contributed by atoms with E-state index in [1.54, 1.807) is 13.0 Å². The first-order chi connectivity index (χ1) is 7.71. The van der Waals surface area contributed by atoms with Crippen LogP contribution in [0.15, 0.2) is 18.2 Å². The van der Waals surface area contributed by atoms with Crippen molar-refractivity contribution in [2.45, 2.75) is 26.1 Å². The molecule has 0 aromatic heterocycles. The van der Waals surface area contributed by atoms with Gasteiger partial charge < -0.3 is 10.5 Å². The van der Waals surface area contributed by atoms with E-state index in [9.17, 15) is 13.2 Å². The second kappa shape index (κ2) is 4.65. The number of alkyl halides is 3. The molecule has 0 spiro atoms. The Bertz CT molecular complexity index is 429. The fraction of sp³-hybridized carbons (Fsp3) is 0.364. The Balaban J connectivity index is 3.04. The molecule has 3 N–H and O–H groups in total. The molecule has 0 bridgehead atoms. The molecule has 1 rings (SSSR count). The van der Waals surface area contributed by atoms with Gasteiger partial charge in [-0.15, -0.1) is 0 Å². The summed E-state index contributed by atoms with van der Waals surface area (Å²) in [6.45, 7) is 2.63. The highest BCUT2D eigenvalue weighted by Gasteiger charge is 2.38. The van der Waals surface area contributed by atoms with Gasteiger partial charge in [-0.25, -0.2) is 0 Å². The van der Waals surface area contributed by atoms with Crippen molar-refractivity contribution in [3.63, 3.8) is 0 Å². The zero-order valence-electron chi connectivity index (χ0n) is 9.43. The third-order valence-corrected chi connectivity index (χ3v) is 2.19. The zero-order chi connectivity index (χ0) is 13.2. The van der Waals surface area contributed by atoms with Crippen LogP contribution in [0.5, 0.6) is 5.75 Å². The lowest BCUT2D eigenvalue weighted by atomic mass is 10.1. The van der Waals surface area contributed by atoms with Crippen LogP contribution >= 0.6 is 0 Å². The number of halogens is 3. The van der Waals surface area contributed by atoms with Gasteiger partial charge in [0, 0.05) is 0 Å². The molecule has 94 valence electrons. The topological polar surface area (TPSA) is 59.1 Å². The number of rotatable bonds is 3. The van der Waals surface area contributed by atoms with Gasteiger partial charge in [-0.2, -0.15) is 13.2 Å². The van der Waals surface area contributed by atoms with Crippen LogP contribution in [0.1, 0.15) is 18.1 Å². The molecule has 0 aliphatic heterocycles. The van der Waals surface area contributed by atoms with Gasteiger partial charge in [0.1, 0.15) is 11.6 Å². The number of nitrogens with one attached hydrogen (secondary N) is 1. The summed E-state index contributed by atoms with van der Waals surface area (Å²) in [6, 6.07) is 4.55. The number of nitrogen functional groups attached to an aromatic ring is 1. The van der Waals surface area contributed by atoms with Crippen LogP contribution in [-0.4, -0.2) is 18.1 Å². The predicted molar refractivity (Wildman–Crippen MR) is 58.3 cm³/mol. The Kier molecular flexibility index (Phi) is 3.65. The summed E-state index contributed by atoms with van der Waals surface area (Å²) in [4.78, 5) is 0. The number of hydrogen-bond acceptors (Lipinski definition) is 2. The third-order valence-electron chi connectivity index (χ3n) is 2.19. The molecular weight excluding hydrogens is 233 g/mol. The number of benzene rings is 1. The second-order valence-electron chi connectivity index (χ2n) is 3.71. The summed E-state index contributed by atoms with van der Waals surface area (Å²) in [5, 5.41) is 7.26. The quantitative estimate of drug-likeness (QED) is 0.636. The molecule has 0 fully saturated rings. The Morgan fingerprint density at radius 2 is 2.00 bits per heavy atom. The van der Waals surface area contributed by atoms with Gasteiger partial charge in [0.05, 0.1) is 5.56 Å². The van der Waals surface area contributed by atoms with E-state index in [-0.39, 0.29) is 17.1 Å². The molecule has 0 aliphatic carbocycles. The lowest BCUT2D eigenvalue weighted by Gasteiger charge is -2.19. The van der Waals surface area contributed by atoms with Crippen LogP contribution in [0, 0.1) is 12.3 Å². The summed E-state index contributed by atoms with van der Waals surface area (Å²) in [5.74, 6) is -0.350. The molecule has 0 aliphatic rings. The van der Waals surface area contributed by atoms with Crippen molar-refractivity contribution < 1.29 is 17.9 Å². The Morgan fingerprint density at radius 1 is 1.41 bits per heavy atom. The third kappa shape index (κ3) is 3.37. The summed E-state index contributed by atoms with van der Waals surface area (Å²) in [7, 11) is 0. The minimum Gasteiger partial charge on any atom is -0.480 e. The Labute approximate surface area is 96.9 Å². The minimum absolute atomic E-state index is 0.0256. The van der Waals surface area contributed by atoms with Crippen molar-refractivity contribution in [2.24, 2.45) is 5.73 Å². The highest BCUT2D eigenvalue weighted by atomic mass is 19.4. The van der Waals surface area contributed by atoms with Crippen LogP contribution in [0.25, 0.3) is 0 Å². The van der Waals surface area contributed by atoms with Gasteiger partial charge >= 0.3 is 6.18 Å². The van der Waals surface area contributed by atoms with Gasteiger partial charge in [-0.1, -0.05) is 6.07 Å². The molecule has 1 atom stereocenters. The Hall–Kier alpha value is -1.72. The molecule has 0 saturated heterocycles. The van der Waals surface area contributed by atoms with Gasteiger partial charge in [0.2, 0.25) is 0 Å². The van der Waals surface area contributed by atoms with E-state index in [1.165, 1.54) is 12.1 Å². The first-order valence-corrected chi connectivity index (χ1v) is 4.90. The van der Waals surface area contributed by atoms with Gasteiger partial charge in [0.15, 0.2) is 6.10 Å². The van der Waals surface area contributed by atoms with Crippen molar-refractivity contribution in [1.29, 1.82) is 5.41 Å². The van der Waals surface area contributed by atoms with E-state index in [1.807, 2.05) is 0 Å². The fourth-order valence-electron chi connectivity index (χ4n) is 1.21. The van der Waals surface area contributed by atoms with E-state index in [0.29, 0.717) is 0 Å². The van der Waals surface area contributed by atoms with Crippen LogP contribution in [-0.2, 0) is 0 Å². The second-order valence-corrected chi connectivity index (χ2v) is 3.71. The van der Waals surface area contributed by atoms with Crippen molar-refractivity contribution in [2.75, 3.05) is 0 Å². The van der Waals surface area contributed by atoms with E-state index in [4.69, 9.17) is 15.9 Å². The largest absolute Gasteiger partial charge is 0.480 e. The molecule has 6 heteroatoms. The molecule has 0 heterocycles.